The van der Waals surface area contributed by atoms with Crippen LogP contribution in [0, 0.1) is 0 Å². The maximum Gasteiger partial charge on any atom is 0.134 e. The molecule has 0 spiro atoms. The Morgan fingerprint density at radius 3 is 2.93 bits per heavy atom. The van der Waals surface area contributed by atoms with Crippen molar-refractivity contribution in [3.63, 3.8) is 0 Å². The van der Waals surface area contributed by atoms with Crippen molar-refractivity contribution in [3.8, 4) is 5.75 Å². The van der Waals surface area contributed by atoms with Crippen molar-refractivity contribution in [3.05, 3.63) is 28.9 Å². The summed E-state index contributed by atoms with van der Waals surface area (Å²) >= 11 is 6.00. The Morgan fingerprint density at radius 2 is 2.21 bits per heavy atom. The van der Waals surface area contributed by atoms with Crippen molar-refractivity contribution in [2.45, 2.75) is 6.42 Å². The van der Waals surface area contributed by atoms with Crippen molar-refractivity contribution < 1.29 is 5.11 Å². The summed E-state index contributed by atoms with van der Waals surface area (Å²) in [5.41, 5.74) is 7.45. The smallest absolute Gasteiger partial charge is 0.134 e. The molecule has 0 atom stereocenters. The predicted octanol–water partition coefficient (Wildman–Crippen LogP) is 2.03. The number of aromatic nitrogens is 1. The predicted molar refractivity (Wildman–Crippen MR) is 57.7 cm³/mol. The molecule has 0 radical (unpaired) electrons. The Hall–Kier alpha value is -1.19. The maximum atomic E-state index is 9.45. The molecule has 2 rings (SSSR count). The van der Waals surface area contributed by atoms with Crippen molar-refractivity contribution >= 4 is 22.5 Å². The highest BCUT2D eigenvalue weighted by molar-refractivity contribution is 6.37. The van der Waals surface area contributed by atoms with Gasteiger partial charge in [0.15, 0.2) is 0 Å². The highest BCUT2D eigenvalue weighted by Gasteiger charge is 2.09. The number of phenolic OH excluding ortho intramolecular Hbond substituents is 1. The van der Waals surface area contributed by atoms with Crippen LogP contribution < -0.4 is 5.73 Å². The van der Waals surface area contributed by atoms with Crippen LogP contribution >= 0.6 is 11.6 Å². The van der Waals surface area contributed by atoms with Crippen LogP contribution in [0.1, 0.15) is 5.56 Å². The highest BCUT2D eigenvalue weighted by Crippen LogP contribution is 2.33. The second kappa shape index (κ2) is 3.52. The highest BCUT2D eigenvalue weighted by atomic mass is 35.5. The number of fused-ring (bicyclic) bond motifs is 1. The topological polar surface area (TPSA) is 62.0 Å². The molecule has 0 amide bonds. The van der Waals surface area contributed by atoms with Crippen molar-refractivity contribution in [2.75, 3.05) is 6.54 Å². The van der Waals surface area contributed by atoms with E-state index in [1.54, 1.807) is 12.1 Å². The minimum absolute atomic E-state index is 0.108. The number of hydrogen-bond acceptors (Lipinski definition) is 2. The number of aromatic amines is 1. The third-order valence-corrected chi connectivity index (χ3v) is 2.64. The van der Waals surface area contributed by atoms with E-state index in [9.17, 15) is 5.11 Å². The molecular weight excluding hydrogens is 200 g/mol. The van der Waals surface area contributed by atoms with Gasteiger partial charge in [0, 0.05) is 17.1 Å². The summed E-state index contributed by atoms with van der Waals surface area (Å²) in [6.07, 6.45) is 2.63. The second-order valence-electron chi connectivity index (χ2n) is 3.17. The molecule has 0 saturated heterocycles. The Labute approximate surface area is 86.5 Å². The van der Waals surface area contributed by atoms with E-state index in [1.807, 2.05) is 6.20 Å². The monoisotopic (exact) mass is 210 g/mol. The SMILES string of the molecule is NCCc1c[nH]c2ccc(O)c(Cl)c12. The molecule has 3 nitrogen and oxygen atoms in total. The Balaban J connectivity index is 2.69. The molecule has 1 aromatic carbocycles. The van der Waals surface area contributed by atoms with E-state index in [0.717, 1.165) is 22.9 Å². The first kappa shape index (κ1) is 9.37. The Morgan fingerprint density at radius 1 is 1.43 bits per heavy atom. The van der Waals surface area contributed by atoms with Crippen LogP contribution in [0.5, 0.6) is 5.75 Å². The minimum atomic E-state index is 0.108. The fraction of sp³-hybridized carbons (Fsp3) is 0.200. The number of nitrogens with two attached hydrogens (primary N) is 1. The van der Waals surface area contributed by atoms with Gasteiger partial charge in [-0.2, -0.15) is 0 Å². The van der Waals surface area contributed by atoms with E-state index in [2.05, 4.69) is 4.98 Å². The number of rotatable bonds is 2. The summed E-state index contributed by atoms with van der Waals surface area (Å²) in [7, 11) is 0. The van der Waals surface area contributed by atoms with Gasteiger partial charge >= 0.3 is 0 Å². The molecule has 14 heavy (non-hydrogen) atoms. The summed E-state index contributed by atoms with van der Waals surface area (Å²) < 4.78 is 0. The standard InChI is InChI=1S/C10H11ClN2O/c11-10-8(14)2-1-7-9(10)6(3-4-12)5-13-7/h1-2,5,13-14H,3-4,12H2. The molecule has 1 heterocycles. The van der Waals surface area contributed by atoms with Crippen LogP contribution in [-0.4, -0.2) is 16.6 Å². The van der Waals surface area contributed by atoms with E-state index in [-0.39, 0.29) is 5.75 Å². The van der Waals surface area contributed by atoms with Crippen LogP contribution in [0.3, 0.4) is 0 Å². The first-order valence-electron chi connectivity index (χ1n) is 4.41. The van der Waals surface area contributed by atoms with Crippen molar-refractivity contribution in [2.24, 2.45) is 5.73 Å². The van der Waals surface area contributed by atoms with Gasteiger partial charge in [-0.05, 0) is 30.7 Å². The first-order chi connectivity index (χ1) is 6.74. The van der Waals surface area contributed by atoms with Gasteiger partial charge in [0.05, 0.1) is 5.02 Å². The molecule has 0 aliphatic rings. The fourth-order valence-electron chi connectivity index (χ4n) is 1.59. The van der Waals surface area contributed by atoms with E-state index in [1.165, 1.54) is 0 Å². The largest absolute Gasteiger partial charge is 0.506 e. The van der Waals surface area contributed by atoms with E-state index < -0.39 is 0 Å². The van der Waals surface area contributed by atoms with Gasteiger partial charge < -0.3 is 15.8 Å². The molecule has 4 N–H and O–H groups in total. The van der Waals surface area contributed by atoms with Crippen LogP contribution in [0.25, 0.3) is 10.9 Å². The molecule has 0 aliphatic heterocycles. The molecule has 0 bridgehead atoms. The number of halogens is 1. The number of benzene rings is 1. The maximum absolute atomic E-state index is 9.45. The normalized spacial score (nSPS) is 11.0. The quantitative estimate of drug-likeness (QED) is 0.710. The van der Waals surface area contributed by atoms with Gasteiger partial charge in [-0.3, -0.25) is 0 Å². The number of phenols is 1. The molecule has 0 aliphatic carbocycles. The Kier molecular flexibility index (Phi) is 2.35. The molecule has 1 aromatic heterocycles. The zero-order valence-electron chi connectivity index (χ0n) is 7.55. The number of nitrogens with one attached hydrogen (secondary N) is 1. The van der Waals surface area contributed by atoms with Crippen LogP contribution in [0.15, 0.2) is 18.3 Å². The van der Waals surface area contributed by atoms with E-state index >= 15 is 0 Å². The third kappa shape index (κ3) is 1.35. The van der Waals surface area contributed by atoms with Gasteiger partial charge in [-0.1, -0.05) is 11.6 Å². The van der Waals surface area contributed by atoms with Crippen molar-refractivity contribution in [1.29, 1.82) is 0 Å². The third-order valence-electron chi connectivity index (χ3n) is 2.26. The Bertz CT molecular complexity index is 464. The van der Waals surface area contributed by atoms with Crippen LogP contribution in [0.4, 0.5) is 0 Å². The molecule has 74 valence electrons. The lowest BCUT2D eigenvalue weighted by molar-refractivity contribution is 0.476. The summed E-state index contributed by atoms with van der Waals surface area (Å²) in [5, 5.41) is 10.7. The molecule has 2 aromatic rings. The summed E-state index contributed by atoms with van der Waals surface area (Å²) in [6.45, 7) is 0.568. The number of hydrogen-bond donors (Lipinski definition) is 3. The van der Waals surface area contributed by atoms with Gasteiger partial charge in [0.2, 0.25) is 0 Å². The summed E-state index contributed by atoms with van der Waals surface area (Å²) in [6, 6.07) is 3.38. The van der Waals surface area contributed by atoms with E-state index in [0.29, 0.717) is 11.6 Å². The van der Waals surface area contributed by atoms with Crippen LogP contribution in [0.2, 0.25) is 5.02 Å². The van der Waals surface area contributed by atoms with E-state index in [4.69, 9.17) is 17.3 Å². The minimum Gasteiger partial charge on any atom is -0.506 e. The average molecular weight is 211 g/mol. The van der Waals surface area contributed by atoms with Gasteiger partial charge in [0.25, 0.3) is 0 Å². The first-order valence-corrected chi connectivity index (χ1v) is 4.79. The lowest BCUT2D eigenvalue weighted by atomic mass is 10.1. The van der Waals surface area contributed by atoms with Crippen molar-refractivity contribution in [1.82, 2.24) is 4.98 Å². The molecular formula is C10H11ClN2O. The fourth-order valence-corrected chi connectivity index (χ4v) is 1.88. The van der Waals surface area contributed by atoms with Crippen LogP contribution in [-0.2, 0) is 6.42 Å². The van der Waals surface area contributed by atoms with Gasteiger partial charge in [0.1, 0.15) is 5.75 Å². The lowest BCUT2D eigenvalue weighted by Crippen LogP contribution is -2.01. The zero-order chi connectivity index (χ0) is 10.1. The molecule has 0 fully saturated rings. The summed E-state index contributed by atoms with van der Waals surface area (Å²) in [4.78, 5) is 3.09. The second-order valence-corrected chi connectivity index (χ2v) is 3.55. The number of H-pyrrole nitrogens is 1. The summed E-state index contributed by atoms with van der Waals surface area (Å²) in [5.74, 6) is 0.108. The average Bonchev–Trinajstić information content (AvgIpc) is 2.57. The molecule has 0 saturated carbocycles. The lowest BCUT2D eigenvalue weighted by Gasteiger charge is -2.00. The number of aromatic hydroxyl groups is 1. The zero-order valence-corrected chi connectivity index (χ0v) is 8.30. The molecule has 4 heteroatoms. The van der Waals surface area contributed by atoms with Gasteiger partial charge in [-0.25, -0.2) is 0 Å². The molecule has 0 unspecified atom stereocenters. The van der Waals surface area contributed by atoms with Gasteiger partial charge in [-0.15, -0.1) is 0 Å².